The van der Waals surface area contributed by atoms with Gasteiger partial charge in [0.25, 0.3) is 15.9 Å². The van der Waals surface area contributed by atoms with Crippen molar-refractivity contribution in [3.8, 4) is 5.75 Å². The molecular weight excluding hydrogens is 437 g/mol. The van der Waals surface area contributed by atoms with Crippen LogP contribution < -0.4 is 14.8 Å². The van der Waals surface area contributed by atoms with Crippen molar-refractivity contribution >= 4 is 38.9 Å². The van der Waals surface area contributed by atoms with Crippen LogP contribution in [0, 0.1) is 0 Å². The third-order valence-electron chi connectivity index (χ3n) is 3.84. The number of ether oxygens (including phenoxy) is 1. The lowest BCUT2D eigenvalue weighted by atomic mass is 10.1. The van der Waals surface area contributed by atoms with Crippen molar-refractivity contribution in [1.82, 2.24) is 0 Å². The fraction of sp³-hybridized carbons (Fsp3) is 0.235. The van der Waals surface area contributed by atoms with Crippen molar-refractivity contribution in [2.75, 3.05) is 17.1 Å². The minimum atomic E-state index is -5.21. The molecule has 0 aromatic heterocycles. The SMILES string of the molecule is COc1ccc(NS(=O)(=O)c2ccc(NC(=O)[C@@](C)(O)C(F)(F)F)c(Cl)c2)cc1. The number of nitrogens with one attached hydrogen (secondary N) is 2. The van der Waals surface area contributed by atoms with E-state index in [9.17, 15) is 31.5 Å². The number of hydrogen-bond donors (Lipinski definition) is 3. The first-order valence-corrected chi connectivity index (χ1v) is 9.71. The van der Waals surface area contributed by atoms with Gasteiger partial charge in [-0.2, -0.15) is 13.2 Å². The number of anilines is 2. The van der Waals surface area contributed by atoms with Gasteiger partial charge in [0.05, 0.1) is 22.7 Å². The Morgan fingerprint density at radius 2 is 1.72 bits per heavy atom. The van der Waals surface area contributed by atoms with Gasteiger partial charge in [-0.05, 0) is 49.4 Å². The fourth-order valence-corrected chi connectivity index (χ4v) is 3.39. The van der Waals surface area contributed by atoms with Crippen LogP contribution in [0.25, 0.3) is 0 Å². The monoisotopic (exact) mass is 452 g/mol. The van der Waals surface area contributed by atoms with Crippen LogP contribution in [0.15, 0.2) is 47.4 Å². The molecule has 12 heteroatoms. The average Bonchev–Trinajstić information content (AvgIpc) is 2.62. The number of aliphatic hydroxyl groups is 1. The number of rotatable bonds is 6. The zero-order valence-corrected chi connectivity index (χ0v) is 16.6. The van der Waals surface area contributed by atoms with E-state index in [0.717, 1.165) is 18.2 Å². The quantitative estimate of drug-likeness (QED) is 0.623. The second-order valence-corrected chi connectivity index (χ2v) is 8.09. The first-order chi connectivity index (χ1) is 13.3. The number of sulfonamides is 1. The maximum Gasteiger partial charge on any atom is 0.426 e. The van der Waals surface area contributed by atoms with Crippen molar-refractivity contribution in [1.29, 1.82) is 0 Å². The minimum absolute atomic E-state index is 0.237. The number of halogens is 4. The van der Waals surface area contributed by atoms with Crippen LogP contribution in [0.5, 0.6) is 5.75 Å². The number of carbonyl (C=O) groups excluding carboxylic acids is 1. The third-order valence-corrected chi connectivity index (χ3v) is 5.53. The smallest absolute Gasteiger partial charge is 0.426 e. The van der Waals surface area contributed by atoms with E-state index < -0.39 is 27.7 Å². The molecule has 0 radical (unpaired) electrons. The normalized spacial score (nSPS) is 14.0. The van der Waals surface area contributed by atoms with E-state index in [2.05, 4.69) is 4.72 Å². The maximum absolute atomic E-state index is 12.7. The largest absolute Gasteiger partial charge is 0.497 e. The van der Waals surface area contributed by atoms with Gasteiger partial charge in [-0.25, -0.2) is 8.42 Å². The molecule has 158 valence electrons. The van der Waals surface area contributed by atoms with Crippen LogP contribution in [0.4, 0.5) is 24.5 Å². The number of carbonyl (C=O) groups is 1. The van der Waals surface area contributed by atoms with Crippen molar-refractivity contribution in [3.05, 3.63) is 47.5 Å². The minimum Gasteiger partial charge on any atom is -0.497 e. The molecular formula is C17H16ClF3N2O5S. The van der Waals surface area contributed by atoms with Gasteiger partial charge in [-0.1, -0.05) is 11.6 Å². The molecule has 2 aromatic carbocycles. The van der Waals surface area contributed by atoms with Crippen LogP contribution in [0.2, 0.25) is 5.02 Å². The van der Waals surface area contributed by atoms with Crippen LogP contribution in [0.3, 0.4) is 0 Å². The molecule has 2 rings (SSSR count). The van der Waals surface area contributed by atoms with Gasteiger partial charge in [0.1, 0.15) is 5.75 Å². The Balaban J connectivity index is 2.22. The lowest BCUT2D eigenvalue weighted by Crippen LogP contribution is -2.52. The summed E-state index contributed by atoms with van der Waals surface area (Å²) in [5.74, 6) is -1.25. The molecule has 0 heterocycles. The molecule has 0 bridgehead atoms. The van der Waals surface area contributed by atoms with Crippen molar-refractivity contribution < 1.29 is 36.2 Å². The van der Waals surface area contributed by atoms with E-state index in [4.69, 9.17) is 16.3 Å². The van der Waals surface area contributed by atoms with Crippen LogP contribution in [-0.4, -0.2) is 38.3 Å². The Labute approximate surface area is 169 Å². The summed E-state index contributed by atoms with van der Waals surface area (Å²) in [4.78, 5) is 11.4. The summed E-state index contributed by atoms with van der Waals surface area (Å²) in [6, 6.07) is 9.00. The first-order valence-electron chi connectivity index (χ1n) is 7.85. The Morgan fingerprint density at radius 3 is 2.21 bits per heavy atom. The van der Waals surface area contributed by atoms with Crippen LogP contribution >= 0.6 is 11.6 Å². The zero-order chi connectivity index (χ0) is 22.0. The lowest BCUT2D eigenvalue weighted by molar-refractivity contribution is -0.242. The molecule has 2 aromatic rings. The predicted molar refractivity (Wildman–Crippen MR) is 101 cm³/mol. The van der Waals surface area contributed by atoms with Gasteiger partial charge in [-0.3, -0.25) is 9.52 Å². The standard InChI is InChI=1S/C17H16ClF3N2O5S/c1-16(25,17(19,20)21)15(24)22-14-8-7-12(9-13(14)18)29(26,27)23-10-3-5-11(28-2)6-4-10/h3-9,23,25H,1-2H3,(H,22,24)/t16-/m1/s1. The van der Waals surface area contributed by atoms with Crippen LogP contribution in [-0.2, 0) is 14.8 Å². The van der Waals surface area contributed by atoms with Crippen LogP contribution in [0.1, 0.15) is 6.92 Å². The summed E-state index contributed by atoms with van der Waals surface area (Å²) in [5.41, 5.74) is -3.72. The molecule has 0 unspecified atom stereocenters. The Hall–Kier alpha value is -2.50. The number of methoxy groups -OCH3 is 1. The van der Waals surface area contributed by atoms with Gasteiger partial charge in [0.2, 0.25) is 5.60 Å². The molecule has 0 fully saturated rings. The molecule has 0 saturated heterocycles. The lowest BCUT2D eigenvalue weighted by Gasteiger charge is -2.25. The van der Waals surface area contributed by atoms with Gasteiger partial charge in [0, 0.05) is 5.69 Å². The van der Waals surface area contributed by atoms with E-state index in [1.54, 1.807) is 0 Å². The highest BCUT2D eigenvalue weighted by Crippen LogP contribution is 2.33. The van der Waals surface area contributed by atoms with E-state index >= 15 is 0 Å². The first kappa shape index (κ1) is 22.8. The highest BCUT2D eigenvalue weighted by atomic mass is 35.5. The Morgan fingerprint density at radius 1 is 1.14 bits per heavy atom. The molecule has 0 aliphatic heterocycles. The number of amides is 1. The molecule has 0 saturated carbocycles. The summed E-state index contributed by atoms with van der Waals surface area (Å²) < 4.78 is 70.4. The van der Waals surface area contributed by atoms with Crippen molar-refractivity contribution in [2.45, 2.75) is 23.6 Å². The summed E-state index contributed by atoms with van der Waals surface area (Å²) in [5, 5.41) is 10.9. The van der Waals surface area contributed by atoms with Gasteiger partial charge in [0.15, 0.2) is 0 Å². The van der Waals surface area contributed by atoms with E-state index in [1.165, 1.54) is 31.4 Å². The Bertz CT molecular complexity index is 1010. The second kappa shape index (κ2) is 8.09. The van der Waals surface area contributed by atoms with E-state index in [-0.39, 0.29) is 28.2 Å². The van der Waals surface area contributed by atoms with Crippen molar-refractivity contribution in [2.24, 2.45) is 0 Å². The fourth-order valence-electron chi connectivity index (χ4n) is 2.01. The highest BCUT2D eigenvalue weighted by Gasteiger charge is 2.55. The zero-order valence-electron chi connectivity index (χ0n) is 15.0. The predicted octanol–water partition coefficient (Wildman–Crippen LogP) is 3.40. The number of hydrogen-bond acceptors (Lipinski definition) is 5. The second-order valence-electron chi connectivity index (χ2n) is 6.00. The molecule has 3 N–H and O–H groups in total. The molecule has 0 aliphatic carbocycles. The number of benzene rings is 2. The Kier molecular flexibility index (Phi) is 6.36. The van der Waals surface area contributed by atoms with Crippen molar-refractivity contribution in [3.63, 3.8) is 0 Å². The molecule has 29 heavy (non-hydrogen) atoms. The van der Waals surface area contributed by atoms with E-state index in [0.29, 0.717) is 5.75 Å². The molecule has 7 nitrogen and oxygen atoms in total. The molecule has 0 aliphatic rings. The molecule has 0 spiro atoms. The maximum atomic E-state index is 12.7. The van der Waals surface area contributed by atoms with E-state index in [1.807, 2.05) is 5.32 Å². The third kappa shape index (κ3) is 5.11. The average molecular weight is 453 g/mol. The highest BCUT2D eigenvalue weighted by molar-refractivity contribution is 7.92. The topological polar surface area (TPSA) is 105 Å². The summed E-state index contributed by atoms with van der Waals surface area (Å²) in [6.07, 6.45) is -5.21. The molecule has 1 amide bonds. The summed E-state index contributed by atoms with van der Waals surface area (Å²) in [7, 11) is -2.62. The van der Waals surface area contributed by atoms with Gasteiger partial charge in [-0.15, -0.1) is 0 Å². The summed E-state index contributed by atoms with van der Waals surface area (Å²) >= 11 is 5.90. The number of alkyl halides is 3. The van der Waals surface area contributed by atoms with Gasteiger partial charge >= 0.3 is 6.18 Å². The van der Waals surface area contributed by atoms with Gasteiger partial charge < -0.3 is 15.2 Å². The molecule has 1 atom stereocenters. The summed E-state index contributed by atoms with van der Waals surface area (Å²) in [6.45, 7) is 0.286.